The van der Waals surface area contributed by atoms with E-state index in [1.54, 1.807) is 12.3 Å². The minimum absolute atomic E-state index is 0.0647. The van der Waals surface area contributed by atoms with Gasteiger partial charge in [-0.05, 0) is 12.1 Å². The average molecular weight is 228 g/mol. The van der Waals surface area contributed by atoms with Crippen molar-refractivity contribution in [2.75, 3.05) is 6.61 Å². The van der Waals surface area contributed by atoms with E-state index in [4.69, 9.17) is 9.84 Å². The first-order valence-corrected chi connectivity index (χ1v) is 5.53. The van der Waals surface area contributed by atoms with Crippen LogP contribution in [0, 0.1) is 0 Å². The van der Waals surface area contributed by atoms with Gasteiger partial charge in [0.25, 0.3) is 0 Å². The molecule has 2 heterocycles. The summed E-state index contributed by atoms with van der Waals surface area (Å²) >= 11 is 0. The molecule has 0 amide bonds. The summed E-state index contributed by atoms with van der Waals surface area (Å²) in [5.41, 5.74) is 1.75. The highest BCUT2D eigenvalue weighted by Crippen LogP contribution is 2.36. The molecule has 0 saturated heterocycles. The van der Waals surface area contributed by atoms with Crippen molar-refractivity contribution in [1.82, 2.24) is 9.97 Å². The van der Waals surface area contributed by atoms with Crippen LogP contribution in [-0.4, -0.2) is 21.7 Å². The molecular weight excluding hydrogens is 216 g/mol. The summed E-state index contributed by atoms with van der Waals surface area (Å²) in [6.45, 7) is 0.499. The highest BCUT2D eigenvalue weighted by atomic mass is 16.5. The Morgan fingerprint density at radius 1 is 1.29 bits per heavy atom. The molecule has 0 radical (unpaired) electrons. The van der Waals surface area contributed by atoms with Crippen molar-refractivity contribution in [2.24, 2.45) is 0 Å². The van der Waals surface area contributed by atoms with Gasteiger partial charge in [0.1, 0.15) is 18.2 Å². The lowest BCUT2D eigenvalue weighted by Gasteiger charge is -2.07. The SMILES string of the molecule is OCc1ccnc(C2COc3ccccc32)n1. The molecule has 1 aliphatic rings. The molecular formula is C13H12N2O2. The van der Waals surface area contributed by atoms with Gasteiger partial charge < -0.3 is 9.84 Å². The van der Waals surface area contributed by atoms with Crippen LogP contribution < -0.4 is 4.74 Å². The fourth-order valence-corrected chi connectivity index (χ4v) is 2.05. The van der Waals surface area contributed by atoms with Gasteiger partial charge in [0, 0.05) is 11.8 Å². The Kier molecular flexibility index (Phi) is 2.49. The summed E-state index contributed by atoms with van der Waals surface area (Å²) in [6, 6.07) is 9.63. The number of nitrogens with zero attached hydrogens (tertiary/aromatic N) is 2. The summed E-state index contributed by atoms with van der Waals surface area (Å²) in [5.74, 6) is 1.68. The lowest BCUT2D eigenvalue weighted by atomic mass is 10.0. The van der Waals surface area contributed by atoms with E-state index in [1.807, 2.05) is 24.3 Å². The Morgan fingerprint density at radius 3 is 3.06 bits per heavy atom. The number of hydrogen-bond donors (Lipinski definition) is 1. The van der Waals surface area contributed by atoms with Gasteiger partial charge in [-0.1, -0.05) is 18.2 Å². The highest BCUT2D eigenvalue weighted by Gasteiger charge is 2.27. The molecule has 0 aliphatic carbocycles. The third-order valence-electron chi connectivity index (χ3n) is 2.91. The Balaban J connectivity index is 2.01. The third kappa shape index (κ3) is 1.76. The van der Waals surface area contributed by atoms with E-state index in [9.17, 15) is 0 Å². The molecule has 0 spiro atoms. The molecule has 0 fully saturated rings. The number of aliphatic hydroxyl groups is 1. The van der Waals surface area contributed by atoms with Crippen LogP contribution in [0.4, 0.5) is 0 Å². The van der Waals surface area contributed by atoms with E-state index in [-0.39, 0.29) is 12.5 Å². The Hall–Kier alpha value is -1.94. The van der Waals surface area contributed by atoms with Gasteiger partial charge in [-0.15, -0.1) is 0 Å². The zero-order valence-electron chi connectivity index (χ0n) is 9.21. The number of aromatic nitrogens is 2. The molecule has 1 aliphatic heterocycles. The highest BCUT2D eigenvalue weighted by molar-refractivity contribution is 5.42. The molecule has 1 atom stereocenters. The number of ether oxygens (including phenoxy) is 1. The quantitative estimate of drug-likeness (QED) is 0.846. The predicted molar refractivity (Wildman–Crippen MR) is 61.7 cm³/mol. The van der Waals surface area contributed by atoms with E-state index in [2.05, 4.69) is 9.97 Å². The number of aliphatic hydroxyl groups excluding tert-OH is 1. The molecule has 0 saturated carbocycles. The number of para-hydroxylation sites is 1. The van der Waals surface area contributed by atoms with Crippen molar-refractivity contribution in [3.8, 4) is 5.75 Å². The van der Waals surface area contributed by atoms with Crippen LogP contribution in [0.15, 0.2) is 36.5 Å². The number of hydrogen-bond acceptors (Lipinski definition) is 4. The first-order chi connectivity index (χ1) is 8.38. The molecule has 1 N–H and O–H groups in total. The van der Waals surface area contributed by atoms with Crippen molar-refractivity contribution in [3.05, 3.63) is 53.6 Å². The first kappa shape index (κ1) is 10.2. The Bertz CT molecular complexity index is 542. The van der Waals surface area contributed by atoms with Crippen LogP contribution in [0.2, 0.25) is 0 Å². The van der Waals surface area contributed by atoms with E-state index >= 15 is 0 Å². The maximum absolute atomic E-state index is 9.08. The van der Waals surface area contributed by atoms with Gasteiger partial charge in [-0.3, -0.25) is 0 Å². The molecule has 0 bridgehead atoms. The Morgan fingerprint density at radius 2 is 2.18 bits per heavy atom. The van der Waals surface area contributed by atoms with Crippen molar-refractivity contribution in [2.45, 2.75) is 12.5 Å². The fourth-order valence-electron chi connectivity index (χ4n) is 2.05. The summed E-state index contributed by atoms with van der Waals surface area (Å²) in [4.78, 5) is 8.60. The summed E-state index contributed by atoms with van der Waals surface area (Å²) in [6.07, 6.45) is 1.68. The molecule has 3 rings (SSSR count). The maximum atomic E-state index is 9.08. The molecule has 17 heavy (non-hydrogen) atoms. The smallest absolute Gasteiger partial charge is 0.139 e. The van der Waals surface area contributed by atoms with Crippen molar-refractivity contribution < 1.29 is 9.84 Å². The minimum atomic E-state index is -0.0647. The summed E-state index contributed by atoms with van der Waals surface area (Å²) < 4.78 is 5.60. The molecule has 1 aromatic carbocycles. The maximum Gasteiger partial charge on any atom is 0.139 e. The minimum Gasteiger partial charge on any atom is -0.492 e. The third-order valence-corrected chi connectivity index (χ3v) is 2.91. The fraction of sp³-hybridized carbons (Fsp3) is 0.231. The normalized spacial score (nSPS) is 17.6. The largest absolute Gasteiger partial charge is 0.492 e. The van der Waals surface area contributed by atoms with Crippen LogP contribution in [0.1, 0.15) is 23.0 Å². The average Bonchev–Trinajstić information content (AvgIpc) is 2.82. The van der Waals surface area contributed by atoms with Crippen molar-refractivity contribution in [1.29, 1.82) is 0 Å². The van der Waals surface area contributed by atoms with Crippen LogP contribution >= 0.6 is 0 Å². The summed E-state index contributed by atoms with van der Waals surface area (Å²) in [5, 5.41) is 9.08. The molecule has 1 unspecified atom stereocenters. The van der Waals surface area contributed by atoms with E-state index in [1.165, 1.54) is 0 Å². The van der Waals surface area contributed by atoms with E-state index < -0.39 is 0 Å². The molecule has 4 nitrogen and oxygen atoms in total. The monoisotopic (exact) mass is 228 g/mol. The number of fused-ring (bicyclic) bond motifs is 1. The molecule has 86 valence electrons. The van der Waals surface area contributed by atoms with Gasteiger partial charge in [-0.2, -0.15) is 0 Å². The van der Waals surface area contributed by atoms with Crippen LogP contribution in [0.25, 0.3) is 0 Å². The van der Waals surface area contributed by atoms with Crippen LogP contribution in [0.3, 0.4) is 0 Å². The zero-order valence-corrected chi connectivity index (χ0v) is 9.21. The summed E-state index contributed by atoms with van der Waals surface area (Å²) in [7, 11) is 0. The van der Waals surface area contributed by atoms with E-state index in [0.717, 1.165) is 11.3 Å². The van der Waals surface area contributed by atoms with Gasteiger partial charge >= 0.3 is 0 Å². The van der Waals surface area contributed by atoms with Gasteiger partial charge in [0.2, 0.25) is 0 Å². The van der Waals surface area contributed by atoms with Crippen LogP contribution in [-0.2, 0) is 6.61 Å². The molecule has 2 aromatic rings. The standard InChI is InChI=1S/C13H12N2O2/c16-7-9-5-6-14-13(15-9)11-8-17-12-4-2-1-3-10(11)12/h1-6,11,16H,7-8H2. The number of benzene rings is 1. The van der Waals surface area contributed by atoms with Crippen LogP contribution in [0.5, 0.6) is 5.75 Å². The van der Waals surface area contributed by atoms with Crippen molar-refractivity contribution >= 4 is 0 Å². The lowest BCUT2D eigenvalue weighted by Crippen LogP contribution is -2.08. The van der Waals surface area contributed by atoms with E-state index in [0.29, 0.717) is 18.1 Å². The Labute approximate surface area is 98.9 Å². The first-order valence-electron chi connectivity index (χ1n) is 5.53. The van der Waals surface area contributed by atoms with Gasteiger partial charge in [0.05, 0.1) is 18.2 Å². The lowest BCUT2D eigenvalue weighted by molar-refractivity contribution is 0.275. The zero-order chi connectivity index (χ0) is 11.7. The van der Waals surface area contributed by atoms with Gasteiger partial charge in [-0.25, -0.2) is 9.97 Å². The predicted octanol–water partition coefficient (Wildman–Crippen LogP) is 1.49. The molecule has 4 heteroatoms. The van der Waals surface area contributed by atoms with Crippen molar-refractivity contribution in [3.63, 3.8) is 0 Å². The van der Waals surface area contributed by atoms with Gasteiger partial charge in [0.15, 0.2) is 0 Å². The topological polar surface area (TPSA) is 55.2 Å². The number of rotatable bonds is 2. The molecule has 1 aromatic heterocycles. The second-order valence-corrected chi connectivity index (χ2v) is 3.97. The second-order valence-electron chi connectivity index (χ2n) is 3.97. The second kappa shape index (κ2) is 4.14.